The number of nitrogens with zero attached hydrogens (tertiary/aromatic N) is 3. The fourth-order valence-corrected chi connectivity index (χ4v) is 7.63. The third kappa shape index (κ3) is 14.0. The van der Waals surface area contributed by atoms with Crippen LogP contribution >= 0.6 is 11.6 Å². The minimum absolute atomic E-state index is 0.0162. The summed E-state index contributed by atoms with van der Waals surface area (Å²) in [4.78, 5) is 86.8. The Labute approximate surface area is 354 Å². The fourth-order valence-electron chi connectivity index (χ4n) is 7.43. The van der Waals surface area contributed by atoms with Gasteiger partial charge in [-0.25, -0.2) is 9.59 Å². The number of carbonyl (C=O) groups is 6. The van der Waals surface area contributed by atoms with Crippen molar-refractivity contribution in [3.63, 3.8) is 0 Å². The summed E-state index contributed by atoms with van der Waals surface area (Å²) >= 11 is 6.55. The van der Waals surface area contributed by atoms with E-state index >= 15 is 0 Å². The van der Waals surface area contributed by atoms with E-state index in [0.717, 1.165) is 36.0 Å². The standard InChI is InChI=1S/C44H65ClN6O8/c1-9-58-43(57)51-23-20-29(21-24-51)33-19-18-32(45)26-31(33)27-36-38(52)46-22-14-12-10-11-13-15-35(39(53)47-34(25-28(2)3)40(54)50(36)8)49(7)41(55)37(30-16-17-30)48-42(56)59-44(4,5)6/h11,13,18-20,26,28,30,34-37H,9-10,12,14-17,21-25,27H2,1-8H3,(H,46,52)(H,47,53)(H,48,56)/t34-,35-,36-,37-/m0/s1. The zero-order valence-corrected chi connectivity index (χ0v) is 36.9. The van der Waals surface area contributed by atoms with Crippen molar-refractivity contribution in [2.24, 2.45) is 11.8 Å². The van der Waals surface area contributed by atoms with Gasteiger partial charge in [0.05, 0.1) is 6.61 Å². The summed E-state index contributed by atoms with van der Waals surface area (Å²) in [7, 11) is 3.13. The van der Waals surface area contributed by atoms with Crippen LogP contribution in [-0.2, 0) is 35.1 Å². The summed E-state index contributed by atoms with van der Waals surface area (Å²) in [5, 5.41) is 9.24. The highest BCUT2D eigenvalue weighted by atomic mass is 35.5. The SMILES string of the molecule is CCOC(=O)N1CC=C(c2ccc(Cl)cc2C[C@H]2C(=O)NCCCCC=CC[C@H](N(C)C(=O)[C@@H](NC(=O)OC(C)(C)C)C3CC3)C(=O)N[C@@H](CC(C)C)C(=O)N2C)CC1. The molecule has 14 nitrogen and oxygen atoms in total. The summed E-state index contributed by atoms with van der Waals surface area (Å²) in [6, 6.07) is 1.66. The maximum absolute atomic E-state index is 14.6. The van der Waals surface area contributed by atoms with Gasteiger partial charge in [0.25, 0.3) is 0 Å². The lowest BCUT2D eigenvalue weighted by atomic mass is 9.91. The first-order valence-electron chi connectivity index (χ1n) is 21.1. The Morgan fingerprint density at radius 3 is 2.42 bits per heavy atom. The van der Waals surface area contributed by atoms with Crippen molar-refractivity contribution in [2.75, 3.05) is 40.3 Å². The Balaban J connectivity index is 1.64. The van der Waals surface area contributed by atoms with Crippen molar-refractivity contribution >= 4 is 53.0 Å². The van der Waals surface area contributed by atoms with Crippen LogP contribution in [-0.4, -0.2) is 121 Å². The molecular weight excluding hydrogens is 776 g/mol. The molecular formula is C44H65ClN6O8. The van der Waals surface area contributed by atoms with Crippen LogP contribution < -0.4 is 16.0 Å². The van der Waals surface area contributed by atoms with Gasteiger partial charge in [-0.05, 0) is 120 Å². The zero-order chi connectivity index (χ0) is 43.4. The van der Waals surface area contributed by atoms with Crippen molar-refractivity contribution in [1.29, 1.82) is 0 Å². The molecule has 1 saturated carbocycles. The van der Waals surface area contributed by atoms with E-state index in [2.05, 4.69) is 16.0 Å². The second-order valence-corrected chi connectivity index (χ2v) is 17.6. The Hall–Kier alpha value is -4.59. The van der Waals surface area contributed by atoms with Crippen molar-refractivity contribution in [2.45, 2.75) is 129 Å². The molecule has 0 radical (unpaired) electrons. The fraction of sp³-hybridized carbons (Fsp3) is 0.636. The number of ether oxygens (including phenoxy) is 2. The van der Waals surface area contributed by atoms with Gasteiger partial charge in [-0.15, -0.1) is 0 Å². The number of nitrogens with one attached hydrogen (secondary N) is 3. The smallest absolute Gasteiger partial charge is 0.410 e. The lowest BCUT2D eigenvalue weighted by Crippen LogP contribution is -2.59. The maximum Gasteiger partial charge on any atom is 0.410 e. The van der Waals surface area contributed by atoms with E-state index in [1.54, 1.807) is 52.8 Å². The molecule has 2 heterocycles. The van der Waals surface area contributed by atoms with Gasteiger partial charge in [-0.2, -0.15) is 0 Å². The molecule has 0 spiro atoms. The first kappa shape index (κ1) is 47.1. The minimum atomic E-state index is -1.02. The van der Waals surface area contributed by atoms with E-state index in [9.17, 15) is 28.8 Å². The highest BCUT2D eigenvalue weighted by Gasteiger charge is 2.42. The van der Waals surface area contributed by atoms with Crippen molar-refractivity contribution < 1.29 is 38.2 Å². The normalized spacial score (nSPS) is 21.9. The molecule has 3 N–H and O–H groups in total. The van der Waals surface area contributed by atoms with E-state index in [1.165, 1.54) is 9.80 Å². The number of amides is 6. The molecule has 4 rings (SSSR count). The van der Waals surface area contributed by atoms with Gasteiger partial charge >= 0.3 is 12.2 Å². The van der Waals surface area contributed by atoms with E-state index in [1.807, 2.05) is 44.2 Å². The van der Waals surface area contributed by atoms with E-state index < -0.39 is 53.6 Å². The van der Waals surface area contributed by atoms with E-state index in [4.69, 9.17) is 21.1 Å². The van der Waals surface area contributed by atoms with Crippen LogP contribution in [0, 0.1) is 11.8 Å². The molecule has 0 bridgehead atoms. The van der Waals surface area contributed by atoms with Crippen LogP contribution in [0.4, 0.5) is 9.59 Å². The molecule has 6 amide bonds. The van der Waals surface area contributed by atoms with Crippen LogP contribution in [0.2, 0.25) is 5.02 Å². The van der Waals surface area contributed by atoms with Crippen LogP contribution in [0.15, 0.2) is 36.4 Å². The molecule has 1 aromatic carbocycles. The summed E-state index contributed by atoms with van der Waals surface area (Å²) in [5.41, 5.74) is 1.87. The molecule has 59 heavy (non-hydrogen) atoms. The van der Waals surface area contributed by atoms with Gasteiger partial charge in [-0.3, -0.25) is 19.2 Å². The van der Waals surface area contributed by atoms with Gasteiger partial charge in [0.15, 0.2) is 0 Å². The lowest BCUT2D eigenvalue weighted by Gasteiger charge is -2.34. The Bertz CT molecular complexity index is 1740. The zero-order valence-electron chi connectivity index (χ0n) is 36.1. The van der Waals surface area contributed by atoms with E-state index in [0.29, 0.717) is 43.9 Å². The first-order chi connectivity index (χ1) is 27.9. The molecule has 15 heteroatoms. The monoisotopic (exact) mass is 840 g/mol. The molecule has 3 aliphatic rings. The molecule has 0 aromatic heterocycles. The average molecular weight is 841 g/mol. The minimum Gasteiger partial charge on any atom is -0.450 e. The topological polar surface area (TPSA) is 167 Å². The van der Waals surface area contributed by atoms with Crippen LogP contribution in [0.3, 0.4) is 0 Å². The molecule has 326 valence electrons. The third-order valence-corrected chi connectivity index (χ3v) is 11.0. The summed E-state index contributed by atoms with van der Waals surface area (Å²) in [6.45, 7) is 12.4. The number of allylic oxidation sites excluding steroid dienone is 1. The van der Waals surface area contributed by atoms with Crippen molar-refractivity contribution in [3.05, 3.63) is 52.6 Å². The largest absolute Gasteiger partial charge is 0.450 e. The average Bonchev–Trinajstić information content (AvgIpc) is 4.02. The van der Waals surface area contributed by atoms with Gasteiger partial charge < -0.3 is 40.1 Å². The number of hydrogen-bond acceptors (Lipinski definition) is 8. The van der Waals surface area contributed by atoms with E-state index in [-0.39, 0.29) is 49.7 Å². The van der Waals surface area contributed by atoms with Crippen molar-refractivity contribution in [3.8, 4) is 0 Å². The predicted molar refractivity (Wildman–Crippen MR) is 227 cm³/mol. The Kier molecular flexibility index (Phi) is 17.2. The first-order valence-corrected chi connectivity index (χ1v) is 21.4. The summed E-state index contributed by atoms with van der Waals surface area (Å²) in [5.74, 6) is -1.81. The maximum atomic E-state index is 14.6. The highest BCUT2D eigenvalue weighted by Crippen LogP contribution is 2.34. The number of halogens is 1. The molecule has 4 atom stereocenters. The number of likely N-dealkylation sites (N-methyl/N-ethyl adjacent to an activating group) is 2. The Morgan fingerprint density at radius 2 is 1.80 bits per heavy atom. The molecule has 2 aliphatic heterocycles. The second kappa shape index (κ2) is 21.6. The van der Waals surface area contributed by atoms with Crippen LogP contribution in [0.25, 0.3) is 5.57 Å². The summed E-state index contributed by atoms with van der Waals surface area (Å²) in [6.07, 6.45) is 9.55. The number of hydrogen-bond donors (Lipinski definition) is 3. The molecule has 0 saturated heterocycles. The number of benzene rings is 1. The van der Waals surface area contributed by atoms with Gasteiger partial charge in [0.2, 0.25) is 23.6 Å². The predicted octanol–water partition coefficient (Wildman–Crippen LogP) is 5.86. The summed E-state index contributed by atoms with van der Waals surface area (Å²) < 4.78 is 10.6. The van der Waals surface area contributed by atoms with Crippen LogP contribution in [0.1, 0.15) is 104 Å². The third-order valence-electron chi connectivity index (χ3n) is 10.8. The molecule has 1 fully saturated rings. The molecule has 1 aliphatic carbocycles. The lowest BCUT2D eigenvalue weighted by molar-refractivity contribution is -0.144. The van der Waals surface area contributed by atoms with Gasteiger partial charge in [-0.1, -0.05) is 49.7 Å². The highest BCUT2D eigenvalue weighted by molar-refractivity contribution is 6.30. The van der Waals surface area contributed by atoms with Gasteiger partial charge in [0.1, 0.15) is 29.8 Å². The molecule has 0 unspecified atom stereocenters. The number of alkyl carbamates (subject to hydrolysis) is 1. The van der Waals surface area contributed by atoms with Gasteiger partial charge in [0, 0.05) is 45.2 Å². The quantitative estimate of drug-likeness (QED) is 0.247. The Morgan fingerprint density at radius 1 is 1.07 bits per heavy atom. The molecule has 1 aromatic rings. The van der Waals surface area contributed by atoms with Crippen LogP contribution in [0.5, 0.6) is 0 Å². The second-order valence-electron chi connectivity index (χ2n) is 17.2. The number of rotatable bonds is 10. The number of carbonyl (C=O) groups excluding carboxylic acids is 6. The van der Waals surface area contributed by atoms with Crippen molar-refractivity contribution in [1.82, 2.24) is 30.7 Å².